The normalized spacial score (nSPS) is 25.5. The number of halogens is 2. The van der Waals surface area contributed by atoms with E-state index in [1.807, 2.05) is 83.1 Å². The van der Waals surface area contributed by atoms with E-state index >= 15 is 0 Å². The average molecular weight is 798 g/mol. The number of rotatable bonds is 0. The number of amides is 3. The van der Waals surface area contributed by atoms with Crippen molar-refractivity contribution in [2.24, 2.45) is 0 Å². The number of piperidine rings is 3. The van der Waals surface area contributed by atoms with Crippen LogP contribution in [0.1, 0.15) is 109 Å². The zero-order valence-electron chi connectivity index (χ0n) is 30.1. The van der Waals surface area contributed by atoms with Gasteiger partial charge < -0.3 is 28.9 Å². The van der Waals surface area contributed by atoms with Crippen molar-refractivity contribution in [1.29, 1.82) is 0 Å². The van der Waals surface area contributed by atoms with E-state index in [1.165, 1.54) is 0 Å². The van der Waals surface area contributed by atoms with Crippen molar-refractivity contribution in [2.75, 3.05) is 19.6 Å². The van der Waals surface area contributed by atoms with E-state index in [0.29, 0.717) is 45.3 Å². The predicted octanol–water partition coefficient (Wildman–Crippen LogP) is 6.67. The summed E-state index contributed by atoms with van der Waals surface area (Å²) in [5, 5.41) is 0. The van der Waals surface area contributed by atoms with Crippen LogP contribution in [0.3, 0.4) is 0 Å². The number of carbonyl (C=O) groups excluding carboxylic acids is 6. The van der Waals surface area contributed by atoms with E-state index in [4.69, 9.17) is 14.2 Å². The second kappa shape index (κ2) is 17.4. The molecule has 3 rings (SSSR count). The molecule has 3 saturated heterocycles. The van der Waals surface area contributed by atoms with Crippen molar-refractivity contribution in [3.05, 3.63) is 0 Å². The van der Waals surface area contributed by atoms with Crippen LogP contribution in [-0.2, 0) is 28.6 Å². The highest BCUT2D eigenvalue weighted by Gasteiger charge is 2.37. The third-order valence-corrected chi connectivity index (χ3v) is 9.20. The lowest BCUT2D eigenvalue weighted by Gasteiger charge is -2.36. The Labute approximate surface area is 297 Å². The Morgan fingerprint density at radius 3 is 1.47 bits per heavy atom. The van der Waals surface area contributed by atoms with Gasteiger partial charge in [-0.3, -0.25) is 14.4 Å². The van der Waals surface area contributed by atoms with Crippen LogP contribution in [0, 0.1) is 0 Å². The van der Waals surface area contributed by atoms with Crippen LogP contribution in [0.2, 0.25) is 0 Å². The molecular formula is C33H55Br2N3O9. The van der Waals surface area contributed by atoms with Crippen molar-refractivity contribution in [3.8, 4) is 0 Å². The maximum absolute atomic E-state index is 11.8. The molecule has 270 valence electrons. The molecule has 47 heavy (non-hydrogen) atoms. The lowest BCUT2D eigenvalue weighted by molar-refractivity contribution is -0.123. The van der Waals surface area contributed by atoms with Crippen molar-refractivity contribution >= 4 is 67.5 Å². The van der Waals surface area contributed by atoms with Gasteiger partial charge in [0.2, 0.25) is 0 Å². The first-order valence-corrected chi connectivity index (χ1v) is 17.9. The Hall–Kier alpha value is -2.22. The Morgan fingerprint density at radius 1 is 0.617 bits per heavy atom. The second-order valence-electron chi connectivity index (χ2n) is 15.2. The molecule has 5 atom stereocenters. The molecule has 14 heteroatoms. The standard InChI is InChI=1S/2C11H18BrNO3.C11H19NO3/c1-7-5-9(14)8(12)6-13(7)10(15)16-11(2,3)4;1-7-9(12)8(14)5-6-13(7)10(15)16-11(2,3)4;1-8-7-9(13)5-6-12(8)10(14)15-11(2,3)4/h7-8H,5-6H2,1-4H3;7,9H,5-6H2,1-4H3;8H,5-7H2,1-4H3. The third-order valence-electron chi connectivity index (χ3n) is 7.13. The third kappa shape index (κ3) is 15.3. The molecule has 5 unspecified atom stereocenters. The number of alkyl halides is 2. The molecule has 3 heterocycles. The Morgan fingerprint density at radius 2 is 1.02 bits per heavy atom. The SMILES string of the molecule is CC1C(Br)C(=O)CCN1C(=O)OC(C)(C)C.CC1CC(=O)C(Br)CN1C(=O)OC(C)(C)C.CC1CC(=O)CCN1C(=O)OC(C)(C)C. The predicted molar refractivity (Wildman–Crippen MR) is 186 cm³/mol. The fraction of sp³-hybridized carbons (Fsp3) is 0.818. The van der Waals surface area contributed by atoms with Gasteiger partial charge in [-0.15, -0.1) is 0 Å². The fourth-order valence-corrected chi connectivity index (χ4v) is 5.75. The molecule has 0 spiro atoms. The molecule has 3 amide bonds. The highest BCUT2D eigenvalue weighted by molar-refractivity contribution is 9.10. The van der Waals surface area contributed by atoms with Gasteiger partial charge >= 0.3 is 18.3 Å². The number of hydrogen-bond acceptors (Lipinski definition) is 9. The lowest BCUT2D eigenvalue weighted by Crippen LogP contribution is -2.52. The van der Waals surface area contributed by atoms with E-state index in [9.17, 15) is 28.8 Å². The number of likely N-dealkylation sites (tertiary alicyclic amines) is 3. The molecule has 0 aromatic carbocycles. The van der Waals surface area contributed by atoms with Crippen LogP contribution < -0.4 is 0 Å². The monoisotopic (exact) mass is 795 g/mol. The zero-order chi connectivity index (χ0) is 36.7. The van der Waals surface area contributed by atoms with Gasteiger partial charge in [0.05, 0.1) is 15.7 Å². The summed E-state index contributed by atoms with van der Waals surface area (Å²) < 4.78 is 15.8. The van der Waals surface area contributed by atoms with Gasteiger partial charge in [-0.05, 0) is 83.1 Å². The number of Topliss-reactive ketones (excluding diaryl/α,β-unsaturated/α-hetero) is 3. The second-order valence-corrected chi connectivity index (χ2v) is 17.3. The molecule has 0 radical (unpaired) electrons. The summed E-state index contributed by atoms with van der Waals surface area (Å²) in [6.07, 6.45) is 0.647. The summed E-state index contributed by atoms with van der Waals surface area (Å²) in [7, 11) is 0. The Balaban J connectivity index is 0.000000353. The van der Waals surface area contributed by atoms with Gasteiger partial charge in [0.25, 0.3) is 0 Å². The van der Waals surface area contributed by atoms with E-state index in [0.717, 1.165) is 0 Å². The number of ether oxygens (including phenoxy) is 3. The minimum atomic E-state index is -0.500. The van der Waals surface area contributed by atoms with Gasteiger partial charge in [0.15, 0.2) is 0 Å². The summed E-state index contributed by atoms with van der Waals surface area (Å²) in [4.78, 5) is 73.7. The van der Waals surface area contributed by atoms with E-state index < -0.39 is 16.8 Å². The largest absolute Gasteiger partial charge is 0.444 e. The maximum atomic E-state index is 11.8. The quantitative estimate of drug-likeness (QED) is 0.194. The minimum absolute atomic E-state index is 0.0406. The molecule has 0 aromatic rings. The topological polar surface area (TPSA) is 140 Å². The van der Waals surface area contributed by atoms with Gasteiger partial charge in [-0.25, -0.2) is 14.4 Å². The molecule has 0 saturated carbocycles. The van der Waals surface area contributed by atoms with Crippen LogP contribution in [-0.4, -0.2) is 115 Å². The number of carbonyl (C=O) groups is 6. The number of ketones is 3. The van der Waals surface area contributed by atoms with Gasteiger partial charge in [0.1, 0.15) is 34.2 Å². The summed E-state index contributed by atoms with van der Waals surface area (Å²) in [6.45, 7) is 23.4. The first-order chi connectivity index (χ1) is 21.2. The summed E-state index contributed by atoms with van der Waals surface area (Å²) >= 11 is 6.58. The molecule has 0 bridgehead atoms. The van der Waals surface area contributed by atoms with E-state index in [-0.39, 0.29) is 63.4 Å². The summed E-state index contributed by atoms with van der Waals surface area (Å²) in [6, 6.07) is -0.284. The van der Waals surface area contributed by atoms with Gasteiger partial charge in [0, 0.05) is 57.4 Å². The fourth-order valence-electron chi connectivity index (χ4n) is 4.74. The number of hydrogen-bond donors (Lipinski definition) is 0. The van der Waals surface area contributed by atoms with Crippen LogP contribution in [0.25, 0.3) is 0 Å². The van der Waals surface area contributed by atoms with Crippen molar-refractivity contribution in [3.63, 3.8) is 0 Å². The Kier molecular flexibility index (Phi) is 15.9. The lowest BCUT2D eigenvalue weighted by atomic mass is 10.0. The zero-order valence-corrected chi connectivity index (χ0v) is 33.3. The van der Waals surface area contributed by atoms with Crippen LogP contribution >= 0.6 is 31.9 Å². The van der Waals surface area contributed by atoms with Gasteiger partial charge in [-0.1, -0.05) is 31.9 Å². The van der Waals surface area contributed by atoms with Crippen molar-refractivity contribution in [2.45, 2.75) is 153 Å². The molecule has 3 fully saturated rings. The van der Waals surface area contributed by atoms with E-state index in [1.54, 1.807) is 14.7 Å². The molecule has 3 aliphatic heterocycles. The summed E-state index contributed by atoms with van der Waals surface area (Å²) in [5.74, 6) is 0.516. The molecular weight excluding hydrogens is 742 g/mol. The smallest absolute Gasteiger partial charge is 0.410 e. The van der Waals surface area contributed by atoms with Gasteiger partial charge in [-0.2, -0.15) is 0 Å². The molecule has 3 aliphatic rings. The van der Waals surface area contributed by atoms with Crippen LogP contribution in [0.15, 0.2) is 0 Å². The van der Waals surface area contributed by atoms with E-state index in [2.05, 4.69) is 31.9 Å². The van der Waals surface area contributed by atoms with Crippen LogP contribution in [0.4, 0.5) is 14.4 Å². The first kappa shape index (κ1) is 42.8. The average Bonchev–Trinajstić information content (AvgIpc) is 2.87. The Bertz CT molecular complexity index is 1120. The van der Waals surface area contributed by atoms with Crippen LogP contribution in [0.5, 0.6) is 0 Å². The minimum Gasteiger partial charge on any atom is -0.444 e. The van der Waals surface area contributed by atoms with Crippen molar-refractivity contribution in [1.82, 2.24) is 14.7 Å². The highest BCUT2D eigenvalue weighted by Crippen LogP contribution is 2.24. The first-order valence-electron chi connectivity index (χ1n) is 16.1. The molecule has 0 N–H and O–H groups in total. The highest BCUT2D eigenvalue weighted by atomic mass is 79.9. The molecule has 12 nitrogen and oxygen atoms in total. The molecule has 0 aliphatic carbocycles. The summed E-state index contributed by atoms with van der Waals surface area (Å²) in [5.41, 5.74) is -1.47. The van der Waals surface area contributed by atoms with Crippen molar-refractivity contribution < 1.29 is 43.0 Å². The number of nitrogens with zero attached hydrogens (tertiary/aromatic N) is 3. The maximum Gasteiger partial charge on any atom is 0.410 e. The molecule has 0 aromatic heterocycles.